The second-order valence-corrected chi connectivity index (χ2v) is 8.27. The molecule has 3 aromatic heterocycles. The van der Waals surface area contributed by atoms with Gasteiger partial charge in [0, 0.05) is 55.3 Å². The molecule has 1 atom stereocenters. The molecule has 0 saturated carbocycles. The Morgan fingerprint density at radius 1 is 1.21 bits per heavy atom. The van der Waals surface area contributed by atoms with E-state index in [-0.39, 0.29) is 24.4 Å². The average Bonchev–Trinajstić information content (AvgIpc) is 3.31. The molecule has 174 valence electrons. The summed E-state index contributed by atoms with van der Waals surface area (Å²) < 4.78 is 19.7. The molecular formula is C25H25FN6O2. The van der Waals surface area contributed by atoms with Gasteiger partial charge in [-0.05, 0) is 36.2 Å². The summed E-state index contributed by atoms with van der Waals surface area (Å²) in [7, 11) is 0. The molecule has 1 aromatic carbocycles. The summed E-state index contributed by atoms with van der Waals surface area (Å²) in [4.78, 5) is 33.7. The first-order valence-electron chi connectivity index (χ1n) is 11.2. The van der Waals surface area contributed by atoms with Crippen molar-refractivity contribution in [2.75, 3.05) is 37.7 Å². The van der Waals surface area contributed by atoms with Crippen LogP contribution in [0.4, 0.5) is 10.3 Å². The molecule has 1 N–H and O–H groups in total. The van der Waals surface area contributed by atoms with Crippen LogP contribution in [0.3, 0.4) is 0 Å². The molecule has 8 nitrogen and oxygen atoms in total. The van der Waals surface area contributed by atoms with Crippen LogP contribution in [-0.4, -0.2) is 63.6 Å². The van der Waals surface area contributed by atoms with Gasteiger partial charge in [-0.2, -0.15) is 0 Å². The fraction of sp³-hybridized carbons (Fsp3) is 0.280. The van der Waals surface area contributed by atoms with E-state index in [4.69, 9.17) is 4.74 Å². The Labute approximate surface area is 196 Å². The van der Waals surface area contributed by atoms with E-state index in [1.165, 1.54) is 12.3 Å². The van der Waals surface area contributed by atoms with Crippen LogP contribution < -0.4 is 4.90 Å². The summed E-state index contributed by atoms with van der Waals surface area (Å²) in [6.45, 7) is 4.65. The van der Waals surface area contributed by atoms with E-state index in [1.54, 1.807) is 35.8 Å². The molecule has 1 fully saturated rings. The van der Waals surface area contributed by atoms with Gasteiger partial charge in [-0.3, -0.25) is 19.6 Å². The molecular weight excluding hydrogens is 435 g/mol. The lowest BCUT2D eigenvalue weighted by Crippen LogP contribution is -2.46. The van der Waals surface area contributed by atoms with Crippen LogP contribution in [0, 0.1) is 12.7 Å². The Morgan fingerprint density at radius 3 is 2.76 bits per heavy atom. The molecule has 1 unspecified atom stereocenters. The van der Waals surface area contributed by atoms with E-state index in [9.17, 15) is 9.18 Å². The molecule has 1 aliphatic rings. The van der Waals surface area contributed by atoms with Crippen molar-refractivity contribution < 1.29 is 13.9 Å². The first kappa shape index (κ1) is 22.1. The maximum Gasteiger partial charge on any atom is 0.262 e. The van der Waals surface area contributed by atoms with E-state index in [0.717, 1.165) is 16.5 Å². The lowest BCUT2D eigenvalue weighted by Gasteiger charge is -2.37. The van der Waals surface area contributed by atoms with Crippen LogP contribution in [0.25, 0.3) is 10.9 Å². The minimum atomic E-state index is -0.420. The van der Waals surface area contributed by atoms with Crippen molar-refractivity contribution in [3.8, 4) is 0 Å². The Kier molecular flexibility index (Phi) is 6.29. The van der Waals surface area contributed by atoms with Crippen molar-refractivity contribution >= 4 is 22.8 Å². The van der Waals surface area contributed by atoms with E-state index >= 15 is 0 Å². The summed E-state index contributed by atoms with van der Waals surface area (Å²) in [5.41, 5.74) is 3.11. The predicted molar refractivity (Wildman–Crippen MR) is 126 cm³/mol. The second-order valence-electron chi connectivity index (χ2n) is 8.27. The molecule has 0 spiro atoms. The number of ether oxygens (including phenoxy) is 1. The number of rotatable bonds is 6. The molecule has 5 rings (SSSR count). The van der Waals surface area contributed by atoms with Crippen molar-refractivity contribution in [3.05, 3.63) is 83.8 Å². The molecule has 0 radical (unpaired) electrons. The highest BCUT2D eigenvalue weighted by Crippen LogP contribution is 2.28. The summed E-state index contributed by atoms with van der Waals surface area (Å²) in [6, 6.07) is 8.73. The van der Waals surface area contributed by atoms with Gasteiger partial charge in [-0.1, -0.05) is 12.1 Å². The zero-order chi connectivity index (χ0) is 23.5. The number of fused-ring (bicyclic) bond motifs is 1. The highest BCUT2D eigenvalue weighted by atomic mass is 19.1. The number of pyridine rings is 1. The molecule has 0 aliphatic carbocycles. The summed E-state index contributed by atoms with van der Waals surface area (Å²) in [5.74, 6) is -0.357. The normalized spacial score (nSPS) is 15.4. The third-order valence-corrected chi connectivity index (χ3v) is 6.14. The lowest BCUT2D eigenvalue weighted by atomic mass is 10.0. The van der Waals surface area contributed by atoms with Gasteiger partial charge in [0.05, 0.1) is 31.0 Å². The Morgan fingerprint density at radius 2 is 2.00 bits per heavy atom. The smallest absolute Gasteiger partial charge is 0.262 e. The molecule has 1 amide bonds. The van der Waals surface area contributed by atoms with Gasteiger partial charge in [0.25, 0.3) is 5.91 Å². The SMILES string of the molecule is Cc1cccc2[nH]cc(C(=O)N(CC(c3cncc(F)c3)N3CCOCC3)c3ncccn3)c12. The van der Waals surface area contributed by atoms with E-state index in [2.05, 4.69) is 24.8 Å². The number of nitrogens with zero attached hydrogens (tertiary/aromatic N) is 5. The van der Waals surface area contributed by atoms with Crippen LogP contribution in [0.1, 0.15) is 27.5 Å². The molecule has 4 aromatic rings. The predicted octanol–water partition coefficient (Wildman–Crippen LogP) is 3.52. The third kappa shape index (κ3) is 4.40. The number of morpholine rings is 1. The van der Waals surface area contributed by atoms with Crippen LogP contribution in [0.15, 0.2) is 61.3 Å². The summed E-state index contributed by atoms with van der Waals surface area (Å²) in [6.07, 6.45) is 7.77. The fourth-order valence-corrected chi connectivity index (χ4v) is 4.47. The highest BCUT2D eigenvalue weighted by molar-refractivity contribution is 6.14. The van der Waals surface area contributed by atoms with E-state index < -0.39 is 5.82 Å². The van der Waals surface area contributed by atoms with E-state index in [0.29, 0.717) is 37.4 Å². The average molecular weight is 461 g/mol. The number of amides is 1. The number of carbonyl (C=O) groups excluding carboxylic acids is 1. The van der Waals surface area contributed by atoms with Gasteiger partial charge in [-0.15, -0.1) is 0 Å². The minimum absolute atomic E-state index is 0.227. The van der Waals surface area contributed by atoms with Gasteiger partial charge in [0.1, 0.15) is 5.82 Å². The van der Waals surface area contributed by atoms with Crippen LogP contribution >= 0.6 is 0 Å². The molecule has 0 bridgehead atoms. The van der Waals surface area contributed by atoms with Crippen molar-refractivity contribution in [3.63, 3.8) is 0 Å². The monoisotopic (exact) mass is 460 g/mol. The maximum absolute atomic E-state index is 14.1. The number of anilines is 1. The first-order chi connectivity index (χ1) is 16.6. The number of aryl methyl sites for hydroxylation is 1. The zero-order valence-corrected chi connectivity index (χ0v) is 18.8. The topological polar surface area (TPSA) is 87.2 Å². The minimum Gasteiger partial charge on any atom is -0.379 e. The maximum atomic E-state index is 14.1. The number of carbonyl (C=O) groups is 1. The number of hydrogen-bond donors (Lipinski definition) is 1. The first-order valence-corrected chi connectivity index (χ1v) is 11.2. The Bertz CT molecular complexity index is 1290. The largest absolute Gasteiger partial charge is 0.379 e. The van der Waals surface area contributed by atoms with Crippen molar-refractivity contribution in [2.24, 2.45) is 0 Å². The van der Waals surface area contributed by atoms with Crippen molar-refractivity contribution in [1.82, 2.24) is 24.8 Å². The van der Waals surface area contributed by atoms with Gasteiger partial charge in [0.2, 0.25) is 5.95 Å². The van der Waals surface area contributed by atoms with Crippen LogP contribution in [0.5, 0.6) is 0 Å². The van der Waals surface area contributed by atoms with Crippen molar-refractivity contribution in [1.29, 1.82) is 0 Å². The number of hydrogen-bond acceptors (Lipinski definition) is 6. The zero-order valence-electron chi connectivity index (χ0n) is 18.8. The third-order valence-electron chi connectivity index (χ3n) is 6.14. The summed E-state index contributed by atoms with van der Waals surface area (Å²) in [5, 5.41) is 0.865. The molecule has 1 aliphatic heterocycles. The summed E-state index contributed by atoms with van der Waals surface area (Å²) >= 11 is 0. The van der Waals surface area contributed by atoms with Gasteiger partial charge in [-0.25, -0.2) is 14.4 Å². The fourth-order valence-electron chi connectivity index (χ4n) is 4.47. The second kappa shape index (κ2) is 9.66. The molecule has 4 heterocycles. The quantitative estimate of drug-likeness (QED) is 0.474. The van der Waals surface area contributed by atoms with Crippen molar-refractivity contribution in [2.45, 2.75) is 13.0 Å². The Balaban J connectivity index is 1.57. The molecule has 34 heavy (non-hydrogen) atoms. The number of benzene rings is 1. The molecule has 9 heteroatoms. The number of halogens is 1. The number of aromatic amines is 1. The number of H-pyrrole nitrogens is 1. The van der Waals surface area contributed by atoms with Crippen LogP contribution in [-0.2, 0) is 4.74 Å². The molecule has 1 saturated heterocycles. The van der Waals surface area contributed by atoms with Gasteiger partial charge >= 0.3 is 0 Å². The van der Waals surface area contributed by atoms with Gasteiger partial charge in [0.15, 0.2) is 0 Å². The van der Waals surface area contributed by atoms with E-state index in [1.807, 2.05) is 25.1 Å². The Hall–Kier alpha value is -3.69. The number of nitrogens with one attached hydrogen (secondary N) is 1. The van der Waals surface area contributed by atoms with Gasteiger partial charge < -0.3 is 9.72 Å². The van der Waals surface area contributed by atoms with Crippen LogP contribution in [0.2, 0.25) is 0 Å². The standard InChI is InChI=1S/C25H25FN6O2/c1-17-4-2-5-21-23(17)20(15-30-21)24(33)32(25-28-6-3-7-29-25)16-22(31-8-10-34-11-9-31)18-12-19(26)14-27-13-18/h2-7,12-15,22,30H,8-11,16H2,1H3. The lowest BCUT2D eigenvalue weighted by molar-refractivity contribution is 0.0173. The highest BCUT2D eigenvalue weighted by Gasteiger charge is 2.31. The number of aromatic nitrogens is 4.